The number of imidazole rings is 1. The molecule has 9 heteroatoms. The number of carbonyl (C=O) groups excluding carboxylic acids is 1. The van der Waals surface area contributed by atoms with Crippen molar-refractivity contribution in [3.8, 4) is 0 Å². The second-order valence-electron chi connectivity index (χ2n) is 7.17. The van der Waals surface area contributed by atoms with Crippen molar-refractivity contribution in [3.63, 3.8) is 0 Å². The van der Waals surface area contributed by atoms with Gasteiger partial charge in [-0.2, -0.15) is 0 Å². The molecule has 27 heavy (non-hydrogen) atoms. The number of sulfonamides is 1. The second-order valence-corrected chi connectivity index (χ2v) is 8.73. The Morgan fingerprint density at radius 2 is 1.93 bits per heavy atom. The molecule has 3 N–H and O–H groups in total. The number of benzene rings is 1. The van der Waals surface area contributed by atoms with Crippen LogP contribution < -0.4 is 10.5 Å². The van der Waals surface area contributed by atoms with E-state index in [-0.39, 0.29) is 17.4 Å². The van der Waals surface area contributed by atoms with Gasteiger partial charge in [-0.3, -0.25) is 4.79 Å². The van der Waals surface area contributed by atoms with E-state index < -0.39 is 15.6 Å². The maximum Gasteiger partial charge on any atom is 0.326 e. The molecule has 0 bridgehead atoms. The second kappa shape index (κ2) is 8.64. The Morgan fingerprint density at radius 1 is 1.26 bits per heavy atom. The number of esters is 1. The van der Waals surface area contributed by atoms with Gasteiger partial charge in [0.15, 0.2) is 0 Å². The van der Waals surface area contributed by atoms with Gasteiger partial charge in [0.25, 0.3) is 0 Å². The summed E-state index contributed by atoms with van der Waals surface area (Å²) >= 11 is 0. The molecule has 2 aromatic rings. The predicted octanol–water partition coefficient (Wildman–Crippen LogP) is 1.20. The maximum atomic E-state index is 11.9. The van der Waals surface area contributed by atoms with E-state index >= 15 is 0 Å². The van der Waals surface area contributed by atoms with Gasteiger partial charge in [-0.25, -0.2) is 18.5 Å². The van der Waals surface area contributed by atoms with Crippen molar-refractivity contribution in [1.29, 1.82) is 0 Å². The van der Waals surface area contributed by atoms with Crippen molar-refractivity contribution >= 4 is 16.0 Å². The Labute approximate surface area is 159 Å². The number of nitrogens with zero attached hydrogens (tertiary/aromatic N) is 2. The summed E-state index contributed by atoms with van der Waals surface area (Å²) in [5.41, 5.74) is 0.474. The average molecular weight is 394 g/mol. The first-order chi connectivity index (χ1) is 12.5. The Balaban J connectivity index is 1.81. The summed E-state index contributed by atoms with van der Waals surface area (Å²) in [4.78, 5) is 16.3. The molecule has 148 valence electrons. The molecule has 0 aliphatic heterocycles. The predicted molar refractivity (Wildman–Crippen MR) is 101 cm³/mol. The van der Waals surface area contributed by atoms with E-state index in [4.69, 9.17) is 9.88 Å². The average Bonchev–Trinajstić information content (AvgIpc) is 2.96. The molecule has 0 aliphatic carbocycles. The van der Waals surface area contributed by atoms with Crippen LogP contribution in [0.15, 0.2) is 41.6 Å². The molecule has 0 saturated carbocycles. The van der Waals surface area contributed by atoms with Crippen molar-refractivity contribution in [1.82, 2.24) is 14.9 Å². The molecule has 0 amide bonds. The van der Waals surface area contributed by atoms with Crippen molar-refractivity contribution in [3.05, 3.63) is 48.0 Å². The van der Waals surface area contributed by atoms with E-state index in [9.17, 15) is 13.2 Å². The van der Waals surface area contributed by atoms with Crippen molar-refractivity contribution in [2.45, 2.75) is 50.8 Å². The molecule has 0 aliphatic rings. The number of ether oxygens (including phenoxy) is 1. The van der Waals surface area contributed by atoms with Crippen LogP contribution in [-0.4, -0.2) is 36.1 Å². The van der Waals surface area contributed by atoms with Gasteiger partial charge in [0, 0.05) is 12.4 Å². The lowest BCUT2D eigenvalue weighted by Gasteiger charge is -2.20. The van der Waals surface area contributed by atoms with Gasteiger partial charge in [-0.05, 0) is 51.4 Å². The first-order valence-corrected chi connectivity index (χ1v) is 10.1. The summed E-state index contributed by atoms with van der Waals surface area (Å²) in [6.45, 7) is 6.78. The largest absolute Gasteiger partial charge is 0.459 e. The van der Waals surface area contributed by atoms with E-state index in [1.165, 1.54) is 12.1 Å². The van der Waals surface area contributed by atoms with Gasteiger partial charge >= 0.3 is 5.97 Å². The molecule has 1 aromatic carbocycles. The molecule has 0 spiro atoms. The molecule has 0 fully saturated rings. The molecular formula is C18H26N4O4S. The highest BCUT2D eigenvalue weighted by Gasteiger charge is 2.17. The van der Waals surface area contributed by atoms with Crippen molar-refractivity contribution < 1.29 is 17.9 Å². The normalized spacial score (nSPS) is 12.1. The van der Waals surface area contributed by atoms with Crippen LogP contribution in [0.1, 0.15) is 32.2 Å². The summed E-state index contributed by atoms with van der Waals surface area (Å²) in [5, 5.41) is 8.35. The third-order valence-corrected chi connectivity index (χ3v) is 4.58. The Kier molecular flexibility index (Phi) is 6.74. The van der Waals surface area contributed by atoms with E-state index in [1.807, 2.05) is 20.8 Å². The molecule has 0 unspecified atom stereocenters. The topological polar surface area (TPSA) is 116 Å². The van der Waals surface area contributed by atoms with Crippen LogP contribution in [-0.2, 0) is 39.1 Å². The number of carbonyl (C=O) groups is 1. The Bertz CT molecular complexity index is 868. The minimum absolute atomic E-state index is 0.100. The first kappa shape index (κ1) is 21.1. The quantitative estimate of drug-likeness (QED) is 0.513. The number of rotatable bonds is 8. The Hall–Kier alpha value is -2.23. The lowest BCUT2D eigenvalue weighted by Crippen LogP contribution is -2.27. The standard InChI is InChI=1S/C18H26N4O4S/c1-18(2,3)26-17(23)13-22-11-10-21-16(22)12-20-9-8-14-4-6-15(7-5-14)27(19,24)25/h4-7,10-11,20H,8-9,12-13H2,1-3H3,(H2,19,24,25). The zero-order chi connectivity index (χ0) is 20.1. The summed E-state index contributed by atoms with van der Waals surface area (Å²) in [5.74, 6) is 0.433. The van der Waals surface area contributed by atoms with E-state index in [0.29, 0.717) is 13.1 Å². The molecule has 0 radical (unpaired) electrons. The number of nitrogens with two attached hydrogens (primary N) is 1. The highest BCUT2D eigenvalue weighted by atomic mass is 32.2. The van der Waals surface area contributed by atoms with Crippen LogP contribution in [0, 0.1) is 0 Å². The fourth-order valence-electron chi connectivity index (χ4n) is 2.44. The van der Waals surface area contributed by atoms with E-state index in [2.05, 4.69) is 10.3 Å². The molecular weight excluding hydrogens is 368 g/mol. The monoisotopic (exact) mass is 394 g/mol. The van der Waals surface area contributed by atoms with Gasteiger partial charge in [-0.1, -0.05) is 12.1 Å². The van der Waals surface area contributed by atoms with Gasteiger partial charge in [0.2, 0.25) is 10.0 Å². The summed E-state index contributed by atoms with van der Waals surface area (Å²) in [6, 6.07) is 6.48. The smallest absolute Gasteiger partial charge is 0.326 e. The summed E-state index contributed by atoms with van der Waals surface area (Å²) in [7, 11) is -3.67. The minimum atomic E-state index is -3.67. The number of hydrogen-bond donors (Lipinski definition) is 2. The highest BCUT2D eigenvalue weighted by Crippen LogP contribution is 2.10. The fourth-order valence-corrected chi connectivity index (χ4v) is 2.96. The van der Waals surface area contributed by atoms with Gasteiger partial charge in [0.05, 0.1) is 11.4 Å². The van der Waals surface area contributed by atoms with Crippen LogP contribution in [0.4, 0.5) is 0 Å². The minimum Gasteiger partial charge on any atom is -0.459 e. The lowest BCUT2D eigenvalue weighted by atomic mass is 10.1. The van der Waals surface area contributed by atoms with Crippen LogP contribution in [0.5, 0.6) is 0 Å². The summed E-state index contributed by atoms with van der Waals surface area (Å²) < 4.78 is 29.6. The number of primary sulfonamides is 1. The van der Waals surface area contributed by atoms with Crippen LogP contribution in [0.2, 0.25) is 0 Å². The van der Waals surface area contributed by atoms with Crippen LogP contribution in [0.25, 0.3) is 0 Å². The van der Waals surface area contributed by atoms with E-state index in [0.717, 1.165) is 17.8 Å². The first-order valence-electron chi connectivity index (χ1n) is 8.59. The fraction of sp³-hybridized carbons (Fsp3) is 0.444. The zero-order valence-corrected chi connectivity index (χ0v) is 16.6. The molecule has 1 heterocycles. The maximum absolute atomic E-state index is 11.9. The number of aromatic nitrogens is 2. The molecule has 0 atom stereocenters. The summed E-state index contributed by atoms with van der Waals surface area (Å²) in [6.07, 6.45) is 4.11. The zero-order valence-electron chi connectivity index (χ0n) is 15.8. The van der Waals surface area contributed by atoms with E-state index in [1.54, 1.807) is 29.1 Å². The molecule has 8 nitrogen and oxygen atoms in total. The lowest BCUT2D eigenvalue weighted by molar-refractivity contribution is -0.155. The van der Waals surface area contributed by atoms with Crippen molar-refractivity contribution in [2.75, 3.05) is 6.54 Å². The SMILES string of the molecule is CC(C)(C)OC(=O)Cn1ccnc1CNCCc1ccc(S(N)(=O)=O)cc1. The molecule has 0 saturated heterocycles. The highest BCUT2D eigenvalue weighted by molar-refractivity contribution is 7.89. The van der Waals surface area contributed by atoms with Crippen molar-refractivity contribution in [2.24, 2.45) is 5.14 Å². The molecule has 1 aromatic heterocycles. The third-order valence-electron chi connectivity index (χ3n) is 3.65. The van der Waals surface area contributed by atoms with Crippen LogP contribution in [0.3, 0.4) is 0 Å². The third kappa shape index (κ3) is 7.12. The number of nitrogens with one attached hydrogen (secondary N) is 1. The Morgan fingerprint density at radius 3 is 2.52 bits per heavy atom. The van der Waals surface area contributed by atoms with Crippen LogP contribution >= 0.6 is 0 Å². The van der Waals surface area contributed by atoms with Gasteiger partial charge in [-0.15, -0.1) is 0 Å². The number of hydrogen-bond acceptors (Lipinski definition) is 6. The molecule has 2 rings (SSSR count). The van der Waals surface area contributed by atoms with Gasteiger partial charge < -0.3 is 14.6 Å². The van der Waals surface area contributed by atoms with Gasteiger partial charge in [0.1, 0.15) is 18.0 Å².